The van der Waals surface area contributed by atoms with Gasteiger partial charge in [0.1, 0.15) is 11.9 Å². The number of ether oxygens (including phenoxy) is 1. The van der Waals surface area contributed by atoms with Crippen molar-refractivity contribution in [2.24, 2.45) is 0 Å². The van der Waals surface area contributed by atoms with Crippen molar-refractivity contribution in [1.29, 1.82) is 0 Å². The van der Waals surface area contributed by atoms with Crippen molar-refractivity contribution in [1.82, 2.24) is 9.62 Å². The lowest BCUT2D eigenvalue weighted by atomic mass is 10.1. The fourth-order valence-corrected chi connectivity index (χ4v) is 4.48. The molecular formula is C20H25ClN2O3S. The number of rotatable bonds is 7. The van der Waals surface area contributed by atoms with E-state index in [4.69, 9.17) is 16.3 Å². The molecule has 1 heterocycles. The number of nitrogens with zero attached hydrogens (tertiary/aromatic N) is 1. The zero-order chi connectivity index (χ0) is 19.3. The minimum atomic E-state index is -3.46. The summed E-state index contributed by atoms with van der Waals surface area (Å²) >= 11 is 6.04. The van der Waals surface area contributed by atoms with Crippen molar-refractivity contribution >= 4 is 21.6 Å². The molecule has 0 aliphatic carbocycles. The van der Waals surface area contributed by atoms with Gasteiger partial charge in [-0.3, -0.25) is 0 Å². The van der Waals surface area contributed by atoms with Crippen LogP contribution >= 0.6 is 11.6 Å². The fourth-order valence-electron chi connectivity index (χ4n) is 3.05. The fraction of sp³-hybridized carbons (Fsp3) is 0.400. The van der Waals surface area contributed by atoms with E-state index < -0.39 is 10.0 Å². The van der Waals surface area contributed by atoms with E-state index in [0.29, 0.717) is 10.6 Å². The van der Waals surface area contributed by atoms with Crippen LogP contribution in [-0.4, -0.2) is 39.6 Å². The summed E-state index contributed by atoms with van der Waals surface area (Å²) in [5.41, 5.74) is 1.47. The van der Waals surface area contributed by atoms with Crippen LogP contribution in [-0.2, 0) is 22.3 Å². The third kappa shape index (κ3) is 6.21. The molecule has 0 amide bonds. The second-order valence-corrected chi connectivity index (χ2v) is 9.15. The van der Waals surface area contributed by atoms with Gasteiger partial charge < -0.3 is 9.64 Å². The highest BCUT2D eigenvalue weighted by Crippen LogP contribution is 2.20. The van der Waals surface area contributed by atoms with Crippen LogP contribution in [0.15, 0.2) is 48.5 Å². The standard InChI is InChI=1S/C20H25ClN2O3S/c1-23-12-10-19(11-13-23)26-18-8-6-16(7-9-18)14-22-27(24,25)15-17-4-2-3-5-20(17)21/h2-9,19,22H,10-15H2,1H3. The maximum Gasteiger partial charge on any atom is 0.216 e. The lowest BCUT2D eigenvalue weighted by molar-refractivity contribution is 0.114. The van der Waals surface area contributed by atoms with E-state index in [1.165, 1.54) is 0 Å². The number of benzene rings is 2. The van der Waals surface area contributed by atoms with E-state index in [1.54, 1.807) is 24.3 Å². The van der Waals surface area contributed by atoms with Crippen LogP contribution in [0, 0.1) is 0 Å². The van der Waals surface area contributed by atoms with Crippen molar-refractivity contribution in [3.63, 3.8) is 0 Å². The van der Waals surface area contributed by atoms with E-state index in [1.807, 2.05) is 24.3 Å². The summed E-state index contributed by atoms with van der Waals surface area (Å²) in [7, 11) is -1.34. The summed E-state index contributed by atoms with van der Waals surface area (Å²) in [6, 6.07) is 14.5. The molecular weight excluding hydrogens is 384 g/mol. The number of sulfonamides is 1. The first kappa shape index (κ1) is 20.1. The largest absolute Gasteiger partial charge is 0.490 e. The van der Waals surface area contributed by atoms with E-state index >= 15 is 0 Å². The summed E-state index contributed by atoms with van der Waals surface area (Å²) in [5, 5.41) is 0.457. The number of hydrogen-bond acceptors (Lipinski definition) is 4. The summed E-state index contributed by atoms with van der Waals surface area (Å²) in [5.74, 6) is 0.691. The lowest BCUT2D eigenvalue weighted by Gasteiger charge is -2.29. The first-order chi connectivity index (χ1) is 12.9. The second-order valence-electron chi connectivity index (χ2n) is 6.94. The highest BCUT2D eigenvalue weighted by atomic mass is 35.5. The number of likely N-dealkylation sites (tertiary alicyclic amines) is 1. The predicted octanol–water partition coefficient (Wildman–Crippen LogP) is 3.43. The molecule has 0 bridgehead atoms. The van der Waals surface area contributed by atoms with E-state index in [9.17, 15) is 8.42 Å². The number of nitrogens with one attached hydrogen (secondary N) is 1. The summed E-state index contributed by atoms with van der Waals surface area (Å²) in [4.78, 5) is 2.30. The van der Waals surface area contributed by atoms with Crippen LogP contribution < -0.4 is 9.46 Å². The Hall–Kier alpha value is -1.60. The first-order valence-corrected chi connectivity index (χ1v) is 11.1. The molecule has 0 spiro atoms. The monoisotopic (exact) mass is 408 g/mol. The normalized spacial score (nSPS) is 16.4. The molecule has 0 atom stereocenters. The minimum Gasteiger partial charge on any atom is -0.490 e. The Labute approximate surface area is 166 Å². The SMILES string of the molecule is CN1CCC(Oc2ccc(CNS(=O)(=O)Cc3ccccc3Cl)cc2)CC1. The third-order valence-corrected chi connectivity index (χ3v) is 6.34. The Bertz CT molecular complexity index is 848. The molecule has 7 heteroatoms. The van der Waals surface area contributed by atoms with Crippen molar-refractivity contribution in [2.75, 3.05) is 20.1 Å². The smallest absolute Gasteiger partial charge is 0.216 e. The molecule has 0 saturated carbocycles. The Balaban J connectivity index is 1.51. The lowest BCUT2D eigenvalue weighted by Crippen LogP contribution is -2.35. The zero-order valence-corrected chi connectivity index (χ0v) is 17.0. The average Bonchev–Trinajstić information content (AvgIpc) is 2.65. The molecule has 0 radical (unpaired) electrons. The second kappa shape index (κ2) is 9.06. The van der Waals surface area contributed by atoms with Gasteiger partial charge in [0.15, 0.2) is 0 Å². The maximum atomic E-state index is 12.3. The average molecular weight is 409 g/mol. The molecule has 1 N–H and O–H groups in total. The van der Waals surface area contributed by atoms with Gasteiger partial charge in [-0.25, -0.2) is 13.1 Å². The molecule has 27 heavy (non-hydrogen) atoms. The molecule has 0 aromatic heterocycles. The van der Waals surface area contributed by atoms with Crippen LogP contribution in [0.1, 0.15) is 24.0 Å². The Morgan fingerprint density at radius 1 is 1.11 bits per heavy atom. The Morgan fingerprint density at radius 2 is 1.78 bits per heavy atom. The van der Waals surface area contributed by atoms with Crippen LogP contribution in [0.3, 0.4) is 0 Å². The zero-order valence-electron chi connectivity index (χ0n) is 15.4. The van der Waals surface area contributed by atoms with Crippen molar-refractivity contribution in [2.45, 2.75) is 31.2 Å². The highest BCUT2D eigenvalue weighted by Gasteiger charge is 2.18. The van der Waals surface area contributed by atoms with Gasteiger partial charge in [-0.05, 0) is 49.2 Å². The van der Waals surface area contributed by atoms with Gasteiger partial charge in [-0.1, -0.05) is 41.9 Å². The van der Waals surface area contributed by atoms with Gasteiger partial charge in [0.25, 0.3) is 0 Å². The molecule has 1 saturated heterocycles. The number of hydrogen-bond donors (Lipinski definition) is 1. The molecule has 2 aromatic rings. The van der Waals surface area contributed by atoms with Gasteiger partial charge in [-0.15, -0.1) is 0 Å². The summed E-state index contributed by atoms with van der Waals surface area (Å²) in [6.07, 6.45) is 2.31. The van der Waals surface area contributed by atoms with Crippen molar-refractivity contribution in [3.05, 3.63) is 64.7 Å². The van der Waals surface area contributed by atoms with E-state index in [-0.39, 0.29) is 18.4 Å². The Kier molecular flexibility index (Phi) is 6.76. The molecule has 146 valence electrons. The first-order valence-electron chi connectivity index (χ1n) is 9.06. The molecule has 1 aliphatic heterocycles. The van der Waals surface area contributed by atoms with Gasteiger partial charge >= 0.3 is 0 Å². The van der Waals surface area contributed by atoms with Gasteiger partial charge in [0, 0.05) is 24.7 Å². The van der Waals surface area contributed by atoms with Crippen molar-refractivity contribution in [3.8, 4) is 5.75 Å². The predicted molar refractivity (Wildman–Crippen MR) is 109 cm³/mol. The molecule has 1 aliphatic rings. The van der Waals surface area contributed by atoms with Gasteiger partial charge in [-0.2, -0.15) is 0 Å². The third-order valence-electron chi connectivity index (χ3n) is 4.69. The van der Waals surface area contributed by atoms with Crippen LogP contribution in [0.25, 0.3) is 0 Å². The van der Waals surface area contributed by atoms with E-state index in [2.05, 4.69) is 16.7 Å². The molecule has 2 aromatic carbocycles. The molecule has 0 unspecified atom stereocenters. The summed E-state index contributed by atoms with van der Waals surface area (Å²) in [6.45, 7) is 2.34. The van der Waals surface area contributed by atoms with Crippen LogP contribution in [0.2, 0.25) is 5.02 Å². The number of piperidine rings is 1. The molecule has 3 rings (SSSR count). The highest BCUT2D eigenvalue weighted by molar-refractivity contribution is 7.88. The van der Waals surface area contributed by atoms with Crippen LogP contribution in [0.5, 0.6) is 5.75 Å². The minimum absolute atomic E-state index is 0.135. The topological polar surface area (TPSA) is 58.6 Å². The van der Waals surface area contributed by atoms with Gasteiger partial charge in [0.2, 0.25) is 10.0 Å². The van der Waals surface area contributed by atoms with E-state index in [0.717, 1.165) is 37.2 Å². The van der Waals surface area contributed by atoms with Gasteiger partial charge in [0.05, 0.1) is 5.75 Å². The molecule has 5 nitrogen and oxygen atoms in total. The quantitative estimate of drug-likeness (QED) is 0.762. The van der Waals surface area contributed by atoms with Crippen LogP contribution in [0.4, 0.5) is 0 Å². The Morgan fingerprint density at radius 3 is 2.44 bits per heavy atom. The van der Waals surface area contributed by atoms with Crippen molar-refractivity contribution < 1.29 is 13.2 Å². The summed E-state index contributed by atoms with van der Waals surface area (Å²) < 4.78 is 33.2. The molecule has 1 fully saturated rings. The number of halogens is 1. The maximum absolute atomic E-state index is 12.3.